The van der Waals surface area contributed by atoms with Crippen molar-refractivity contribution in [1.82, 2.24) is 0 Å². The number of halogens is 3. The van der Waals surface area contributed by atoms with E-state index < -0.39 is 15.6 Å². The highest BCUT2D eigenvalue weighted by Gasteiger charge is 2.36. The number of hydrogen-bond donors (Lipinski definition) is 0. The zero-order valence-electron chi connectivity index (χ0n) is 9.94. The molecule has 104 valence electrons. The van der Waals surface area contributed by atoms with Crippen LogP contribution < -0.4 is 4.57 Å². The van der Waals surface area contributed by atoms with E-state index in [1.54, 1.807) is 0 Å². The third-order valence-electron chi connectivity index (χ3n) is 1.87. The van der Waals surface area contributed by atoms with Gasteiger partial charge in [-0.3, -0.25) is 0 Å². The zero-order valence-corrected chi connectivity index (χ0v) is 10.8. The molecule has 0 atom stereocenters. The van der Waals surface area contributed by atoms with Gasteiger partial charge in [0.15, 0.2) is 22.5 Å². The fourth-order valence-electron chi connectivity index (χ4n) is 0.987. The third kappa shape index (κ3) is 6.55. The summed E-state index contributed by atoms with van der Waals surface area (Å²) in [5, 5.41) is 0. The SMILES string of the molecule is CCCc1cc[n+](C)cc1.O=S(=O)([O-])C(F)(F)F. The maximum Gasteiger partial charge on any atom is 0.485 e. The van der Waals surface area contributed by atoms with E-state index in [0.29, 0.717) is 0 Å². The molecule has 1 aromatic rings. The normalized spacial score (nSPS) is 11.7. The Hall–Kier alpha value is -1.15. The highest BCUT2D eigenvalue weighted by molar-refractivity contribution is 7.86. The van der Waals surface area contributed by atoms with Crippen LogP contribution in [0.3, 0.4) is 0 Å². The zero-order chi connectivity index (χ0) is 14.4. The molecule has 0 bridgehead atoms. The quantitative estimate of drug-likeness (QED) is 0.470. The number of aromatic nitrogens is 1. The largest absolute Gasteiger partial charge is 0.741 e. The van der Waals surface area contributed by atoms with Crippen molar-refractivity contribution in [2.45, 2.75) is 25.3 Å². The summed E-state index contributed by atoms with van der Waals surface area (Å²) in [5.74, 6) is 0. The van der Waals surface area contributed by atoms with Crippen molar-refractivity contribution in [2.75, 3.05) is 0 Å². The first-order chi connectivity index (χ1) is 8.08. The Balaban J connectivity index is 0.000000331. The summed E-state index contributed by atoms with van der Waals surface area (Å²) in [7, 11) is -4.05. The lowest BCUT2D eigenvalue weighted by molar-refractivity contribution is -0.671. The van der Waals surface area contributed by atoms with E-state index in [4.69, 9.17) is 13.0 Å². The van der Waals surface area contributed by atoms with Crippen molar-refractivity contribution in [3.05, 3.63) is 30.1 Å². The van der Waals surface area contributed by atoms with Crippen molar-refractivity contribution in [3.8, 4) is 0 Å². The molecule has 0 saturated heterocycles. The molecule has 0 N–H and O–H groups in total. The van der Waals surface area contributed by atoms with Gasteiger partial charge in [0.2, 0.25) is 0 Å². The van der Waals surface area contributed by atoms with E-state index in [1.165, 1.54) is 18.4 Å². The lowest BCUT2D eigenvalue weighted by atomic mass is 10.2. The van der Waals surface area contributed by atoms with Crippen molar-refractivity contribution in [3.63, 3.8) is 0 Å². The number of pyridine rings is 1. The minimum absolute atomic E-state index is 1.20. The molecule has 0 spiro atoms. The lowest BCUT2D eigenvalue weighted by Crippen LogP contribution is -2.25. The third-order valence-corrected chi connectivity index (χ3v) is 2.44. The van der Waals surface area contributed by atoms with Gasteiger partial charge in [-0.2, -0.15) is 13.2 Å². The van der Waals surface area contributed by atoms with Gasteiger partial charge in [-0.05, 0) is 12.0 Å². The van der Waals surface area contributed by atoms with E-state index in [1.807, 2.05) is 7.05 Å². The van der Waals surface area contributed by atoms with Crippen LogP contribution in [-0.2, 0) is 23.6 Å². The predicted octanol–water partition coefficient (Wildman–Crippen LogP) is 1.52. The van der Waals surface area contributed by atoms with Crippen molar-refractivity contribution < 1.29 is 30.7 Å². The first kappa shape index (κ1) is 16.9. The molecule has 0 aromatic carbocycles. The van der Waals surface area contributed by atoms with Gasteiger partial charge in [-0.15, -0.1) is 0 Å². The van der Waals surface area contributed by atoms with Crippen molar-refractivity contribution in [2.24, 2.45) is 7.05 Å². The fourth-order valence-corrected chi connectivity index (χ4v) is 0.987. The van der Waals surface area contributed by atoms with Crippen LogP contribution >= 0.6 is 0 Å². The molecule has 0 fully saturated rings. The number of rotatable bonds is 2. The van der Waals surface area contributed by atoms with E-state index in [-0.39, 0.29) is 0 Å². The molecule has 4 nitrogen and oxygen atoms in total. The molecule has 0 aliphatic heterocycles. The second kappa shape index (κ2) is 6.69. The van der Waals surface area contributed by atoms with Gasteiger partial charge in [-0.1, -0.05) is 13.3 Å². The minimum atomic E-state index is -6.09. The molecular formula is C10H14F3NO3S. The molecule has 1 aromatic heterocycles. The molecular weight excluding hydrogens is 271 g/mol. The lowest BCUT2D eigenvalue weighted by Gasteiger charge is -2.08. The van der Waals surface area contributed by atoms with Crippen LogP contribution in [0.25, 0.3) is 0 Å². The maximum atomic E-state index is 10.7. The average Bonchev–Trinajstić information content (AvgIpc) is 2.20. The first-order valence-electron chi connectivity index (χ1n) is 5.04. The Kier molecular flexibility index (Phi) is 6.27. The second-order valence-electron chi connectivity index (χ2n) is 3.52. The molecule has 1 rings (SSSR count). The minimum Gasteiger partial charge on any atom is -0.741 e. The average molecular weight is 285 g/mol. The van der Waals surface area contributed by atoms with E-state index in [9.17, 15) is 13.2 Å². The monoisotopic (exact) mass is 285 g/mol. The van der Waals surface area contributed by atoms with E-state index >= 15 is 0 Å². The topological polar surface area (TPSA) is 61.1 Å². The van der Waals surface area contributed by atoms with Gasteiger partial charge in [-0.25, -0.2) is 13.0 Å². The number of alkyl halides is 3. The van der Waals surface area contributed by atoms with Gasteiger partial charge in [0.25, 0.3) is 0 Å². The Bertz CT molecular complexity index is 454. The summed E-state index contributed by atoms with van der Waals surface area (Å²) in [6.07, 6.45) is 6.60. The van der Waals surface area contributed by atoms with Crippen LogP contribution in [0.2, 0.25) is 0 Å². The Morgan fingerprint density at radius 1 is 1.28 bits per heavy atom. The number of nitrogens with zero attached hydrogens (tertiary/aromatic N) is 1. The van der Waals surface area contributed by atoms with Crippen LogP contribution in [0.5, 0.6) is 0 Å². The van der Waals surface area contributed by atoms with Crippen LogP contribution in [-0.4, -0.2) is 18.5 Å². The number of aryl methyl sites for hydroxylation is 2. The molecule has 0 aliphatic rings. The molecule has 1 heterocycles. The fraction of sp³-hybridized carbons (Fsp3) is 0.500. The molecule has 0 radical (unpaired) electrons. The van der Waals surface area contributed by atoms with E-state index in [2.05, 4.69) is 36.0 Å². The summed E-state index contributed by atoms with van der Waals surface area (Å²) in [4.78, 5) is 0. The number of hydrogen-bond acceptors (Lipinski definition) is 3. The smallest absolute Gasteiger partial charge is 0.485 e. The van der Waals surface area contributed by atoms with Gasteiger partial charge in [0.1, 0.15) is 7.05 Å². The van der Waals surface area contributed by atoms with Gasteiger partial charge in [0, 0.05) is 12.1 Å². The predicted molar refractivity (Wildman–Crippen MR) is 57.4 cm³/mol. The summed E-state index contributed by atoms with van der Waals surface area (Å²) >= 11 is 0. The molecule has 0 unspecified atom stereocenters. The van der Waals surface area contributed by atoms with Crippen LogP contribution in [0.15, 0.2) is 24.5 Å². The summed E-state index contributed by atoms with van der Waals surface area (Å²) in [5.41, 5.74) is -4.21. The summed E-state index contributed by atoms with van der Waals surface area (Å²) < 4.78 is 61.0. The van der Waals surface area contributed by atoms with Gasteiger partial charge >= 0.3 is 5.51 Å². The molecule has 0 aliphatic carbocycles. The first-order valence-corrected chi connectivity index (χ1v) is 6.45. The molecule has 8 heteroatoms. The van der Waals surface area contributed by atoms with Crippen LogP contribution in [0.4, 0.5) is 13.2 Å². The Labute approximate surface area is 104 Å². The highest BCUT2D eigenvalue weighted by atomic mass is 32.2. The Morgan fingerprint density at radius 3 is 1.94 bits per heavy atom. The van der Waals surface area contributed by atoms with Crippen LogP contribution in [0, 0.1) is 0 Å². The van der Waals surface area contributed by atoms with Crippen molar-refractivity contribution >= 4 is 10.1 Å². The van der Waals surface area contributed by atoms with Crippen LogP contribution in [0.1, 0.15) is 18.9 Å². The van der Waals surface area contributed by atoms with Gasteiger partial charge < -0.3 is 4.55 Å². The second-order valence-corrected chi connectivity index (χ2v) is 4.89. The molecule has 18 heavy (non-hydrogen) atoms. The Morgan fingerprint density at radius 2 is 1.67 bits per heavy atom. The molecule has 0 saturated carbocycles. The molecule has 0 amide bonds. The summed E-state index contributed by atoms with van der Waals surface area (Å²) in [6.45, 7) is 2.20. The van der Waals surface area contributed by atoms with Crippen molar-refractivity contribution in [1.29, 1.82) is 0 Å². The van der Waals surface area contributed by atoms with Gasteiger partial charge in [0.05, 0.1) is 0 Å². The summed E-state index contributed by atoms with van der Waals surface area (Å²) in [6, 6.07) is 4.34. The maximum absolute atomic E-state index is 10.7. The standard InChI is InChI=1S/C9H14N.CHF3O3S/c1-3-4-9-5-7-10(2)8-6-9;2-1(3,4)8(5,6)7/h5-8H,3-4H2,1-2H3;(H,5,6,7)/q+1;/p-1. The highest BCUT2D eigenvalue weighted by Crippen LogP contribution is 2.20. The van der Waals surface area contributed by atoms with E-state index in [0.717, 1.165) is 0 Å².